The molecule has 0 amide bonds. The molecule has 0 radical (unpaired) electrons. The summed E-state index contributed by atoms with van der Waals surface area (Å²) < 4.78 is 23.9. The highest BCUT2D eigenvalue weighted by Gasteiger charge is 2.21. The molecule has 0 aromatic heterocycles. The number of nitrogens with one attached hydrogen (secondary N) is 2. The van der Waals surface area contributed by atoms with Crippen LogP contribution in [0.5, 0.6) is 5.75 Å². The molecule has 33 heavy (non-hydrogen) atoms. The Morgan fingerprint density at radius 3 is 2.30 bits per heavy atom. The van der Waals surface area contributed by atoms with Gasteiger partial charge in [0.25, 0.3) is 0 Å². The zero-order valence-corrected chi connectivity index (χ0v) is 20.0. The van der Waals surface area contributed by atoms with Gasteiger partial charge in [0.2, 0.25) is 0 Å². The Morgan fingerprint density at radius 2 is 1.67 bits per heavy atom. The van der Waals surface area contributed by atoms with Gasteiger partial charge in [0.05, 0.1) is 14.2 Å². The molecule has 0 heterocycles. The van der Waals surface area contributed by atoms with Gasteiger partial charge < -0.3 is 20.1 Å². The third-order valence-corrected chi connectivity index (χ3v) is 5.83. The molecular formula is C26H29FN2O3S. The Hall–Kier alpha value is -3.19. The first-order valence-electron chi connectivity index (χ1n) is 10.7. The zero-order chi connectivity index (χ0) is 23.8. The van der Waals surface area contributed by atoms with Crippen molar-refractivity contribution >= 4 is 34.8 Å². The van der Waals surface area contributed by atoms with Crippen LogP contribution in [0.25, 0.3) is 0 Å². The summed E-state index contributed by atoms with van der Waals surface area (Å²) in [6, 6.07) is 19.5. The molecule has 0 saturated carbocycles. The van der Waals surface area contributed by atoms with E-state index in [-0.39, 0.29) is 11.8 Å². The molecule has 0 aliphatic rings. The van der Waals surface area contributed by atoms with E-state index in [1.54, 1.807) is 31.0 Å². The number of halogens is 1. The van der Waals surface area contributed by atoms with Crippen molar-refractivity contribution in [3.63, 3.8) is 0 Å². The summed E-state index contributed by atoms with van der Waals surface area (Å²) in [5, 5.41) is 6.58. The Morgan fingerprint density at radius 1 is 0.939 bits per heavy atom. The van der Waals surface area contributed by atoms with Crippen LogP contribution in [0.4, 0.5) is 21.5 Å². The van der Waals surface area contributed by atoms with Crippen LogP contribution in [-0.4, -0.2) is 26.2 Å². The molecule has 5 nitrogen and oxygen atoms in total. The Labute approximate surface area is 198 Å². The van der Waals surface area contributed by atoms with E-state index < -0.39 is 6.04 Å². The summed E-state index contributed by atoms with van der Waals surface area (Å²) in [7, 11) is 3.03. The summed E-state index contributed by atoms with van der Waals surface area (Å²) in [6.45, 7) is 4.12. The van der Waals surface area contributed by atoms with E-state index >= 15 is 0 Å². The molecule has 0 aliphatic carbocycles. The third-order valence-electron chi connectivity index (χ3n) is 4.85. The number of carbonyl (C=O) groups is 1. The van der Waals surface area contributed by atoms with Crippen molar-refractivity contribution in [2.24, 2.45) is 5.92 Å². The number of hydrogen-bond acceptors (Lipinski definition) is 6. The van der Waals surface area contributed by atoms with E-state index in [1.165, 1.54) is 19.2 Å². The maximum absolute atomic E-state index is 13.7. The SMILES string of the molecule is COC(=O)[C@H](CC(C)C)Nc1cc(Nc2cccc(F)c2)cc(Sc2ccc(OC)cc2)c1. The van der Waals surface area contributed by atoms with Gasteiger partial charge >= 0.3 is 5.97 Å². The number of benzene rings is 3. The van der Waals surface area contributed by atoms with Crippen LogP contribution >= 0.6 is 11.8 Å². The lowest BCUT2D eigenvalue weighted by molar-refractivity contribution is -0.141. The Balaban J connectivity index is 1.92. The van der Waals surface area contributed by atoms with Gasteiger partial charge in [-0.25, -0.2) is 9.18 Å². The van der Waals surface area contributed by atoms with E-state index in [4.69, 9.17) is 9.47 Å². The fourth-order valence-corrected chi connectivity index (χ4v) is 4.27. The lowest BCUT2D eigenvalue weighted by Crippen LogP contribution is -2.32. The number of carbonyl (C=O) groups excluding carboxylic acids is 1. The summed E-state index contributed by atoms with van der Waals surface area (Å²) in [4.78, 5) is 14.3. The zero-order valence-electron chi connectivity index (χ0n) is 19.2. The molecule has 1 atom stereocenters. The van der Waals surface area contributed by atoms with Gasteiger partial charge in [0.15, 0.2) is 0 Å². The topological polar surface area (TPSA) is 59.6 Å². The van der Waals surface area contributed by atoms with Crippen LogP contribution in [0.15, 0.2) is 76.5 Å². The number of ether oxygens (including phenoxy) is 2. The van der Waals surface area contributed by atoms with Crippen molar-refractivity contribution in [2.75, 3.05) is 24.9 Å². The maximum atomic E-state index is 13.7. The van der Waals surface area contributed by atoms with E-state index in [2.05, 4.69) is 24.5 Å². The smallest absolute Gasteiger partial charge is 0.328 e. The molecule has 7 heteroatoms. The molecule has 174 valence electrons. The quantitative estimate of drug-likeness (QED) is 0.322. The number of esters is 1. The highest BCUT2D eigenvalue weighted by atomic mass is 32.2. The van der Waals surface area contributed by atoms with Gasteiger partial charge in [-0.3, -0.25) is 0 Å². The average Bonchev–Trinajstić information content (AvgIpc) is 2.78. The van der Waals surface area contributed by atoms with Gasteiger partial charge in [-0.15, -0.1) is 0 Å². The summed E-state index contributed by atoms with van der Waals surface area (Å²) in [6.07, 6.45) is 0.634. The van der Waals surface area contributed by atoms with E-state index in [1.807, 2.05) is 42.5 Å². The van der Waals surface area contributed by atoms with Crippen molar-refractivity contribution in [3.05, 3.63) is 72.5 Å². The molecule has 2 N–H and O–H groups in total. The lowest BCUT2D eigenvalue weighted by atomic mass is 10.0. The molecule has 0 aliphatic heterocycles. The van der Waals surface area contributed by atoms with E-state index in [0.29, 0.717) is 18.0 Å². The normalized spacial score (nSPS) is 11.7. The second-order valence-corrected chi connectivity index (χ2v) is 9.16. The van der Waals surface area contributed by atoms with E-state index in [0.717, 1.165) is 26.9 Å². The second-order valence-electron chi connectivity index (χ2n) is 8.01. The molecule has 3 aromatic rings. The van der Waals surface area contributed by atoms with Crippen LogP contribution in [-0.2, 0) is 9.53 Å². The molecule has 0 fully saturated rings. The first kappa shape index (κ1) is 24.5. The van der Waals surface area contributed by atoms with Crippen LogP contribution < -0.4 is 15.4 Å². The van der Waals surface area contributed by atoms with Gasteiger partial charge in [0, 0.05) is 26.9 Å². The van der Waals surface area contributed by atoms with Gasteiger partial charge in [-0.2, -0.15) is 0 Å². The minimum atomic E-state index is -0.474. The summed E-state index contributed by atoms with van der Waals surface area (Å²) in [5.74, 6) is 0.475. The van der Waals surface area contributed by atoms with Crippen LogP contribution in [0, 0.1) is 11.7 Å². The molecule has 0 spiro atoms. The van der Waals surface area contributed by atoms with Crippen molar-refractivity contribution in [1.82, 2.24) is 0 Å². The number of rotatable bonds is 10. The fraction of sp³-hybridized carbons (Fsp3) is 0.269. The Kier molecular flexibility index (Phi) is 8.60. The molecule has 3 aromatic carbocycles. The van der Waals surface area contributed by atoms with Crippen LogP contribution in [0.2, 0.25) is 0 Å². The fourth-order valence-electron chi connectivity index (χ4n) is 3.36. The van der Waals surface area contributed by atoms with Gasteiger partial charge in [-0.1, -0.05) is 31.7 Å². The predicted molar refractivity (Wildman–Crippen MR) is 132 cm³/mol. The summed E-state index contributed by atoms with van der Waals surface area (Å²) >= 11 is 1.58. The number of methoxy groups -OCH3 is 2. The molecular weight excluding hydrogens is 439 g/mol. The average molecular weight is 469 g/mol. The first-order chi connectivity index (χ1) is 15.9. The predicted octanol–water partition coefficient (Wildman–Crippen LogP) is 6.73. The minimum absolute atomic E-state index is 0.309. The Bertz CT molecular complexity index is 1070. The molecule has 0 bridgehead atoms. The number of hydrogen-bond donors (Lipinski definition) is 2. The summed E-state index contributed by atoms with van der Waals surface area (Å²) in [5.41, 5.74) is 2.18. The number of anilines is 3. The van der Waals surface area contributed by atoms with Crippen LogP contribution in [0.1, 0.15) is 20.3 Å². The molecule has 3 rings (SSSR count). The highest BCUT2D eigenvalue weighted by molar-refractivity contribution is 7.99. The van der Waals surface area contributed by atoms with Gasteiger partial charge in [-0.05, 0) is 73.0 Å². The van der Waals surface area contributed by atoms with Crippen molar-refractivity contribution in [1.29, 1.82) is 0 Å². The van der Waals surface area contributed by atoms with Crippen LogP contribution in [0.3, 0.4) is 0 Å². The van der Waals surface area contributed by atoms with Crippen molar-refractivity contribution < 1.29 is 18.7 Å². The van der Waals surface area contributed by atoms with Crippen molar-refractivity contribution in [2.45, 2.75) is 36.1 Å². The first-order valence-corrected chi connectivity index (χ1v) is 11.5. The maximum Gasteiger partial charge on any atom is 0.328 e. The molecule has 0 saturated heterocycles. The lowest BCUT2D eigenvalue weighted by Gasteiger charge is -2.21. The largest absolute Gasteiger partial charge is 0.497 e. The third kappa shape index (κ3) is 7.43. The minimum Gasteiger partial charge on any atom is -0.497 e. The molecule has 0 unspecified atom stereocenters. The monoisotopic (exact) mass is 468 g/mol. The highest BCUT2D eigenvalue weighted by Crippen LogP contribution is 2.34. The van der Waals surface area contributed by atoms with E-state index in [9.17, 15) is 9.18 Å². The van der Waals surface area contributed by atoms with Crippen molar-refractivity contribution in [3.8, 4) is 5.75 Å². The second kappa shape index (κ2) is 11.6. The standard InChI is InChI=1S/C26H29FN2O3S/c1-17(2)12-25(26(30)32-4)29-21-14-20(28-19-7-5-6-18(27)13-19)15-24(16-21)33-23-10-8-22(31-3)9-11-23/h5-11,13-17,25,28-29H,12H2,1-4H3/t25-/m0/s1. The van der Waals surface area contributed by atoms with Gasteiger partial charge in [0.1, 0.15) is 17.6 Å².